The summed E-state index contributed by atoms with van der Waals surface area (Å²) in [6, 6.07) is 8.09. The fourth-order valence-corrected chi connectivity index (χ4v) is 1.17. The zero-order valence-corrected chi connectivity index (χ0v) is 8.58. The third kappa shape index (κ3) is 2.59. The third-order valence-electron chi connectivity index (χ3n) is 1.81. The Labute approximate surface area is 82.3 Å². The first-order valence-corrected chi connectivity index (χ1v) is 4.42. The predicted molar refractivity (Wildman–Crippen MR) is 56.2 cm³/mol. The summed E-state index contributed by atoms with van der Waals surface area (Å²) >= 11 is 0. The van der Waals surface area contributed by atoms with Gasteiger partial charge < -0.3 is 4.43 Å². The van der Waals surface area contributed by atoms with Gasteiger partial charge in [0, 0.05) is 0 Å². The van der Waals surface area contributed by atoms with Crippen molar-refractivity contribution in [2.75, 3.05) is 0 Å². The Morgan fingerprint density at radius 2 is 2.15 bits per heavy atom. The normalized spacial score (nSPS) is 11.1. The van der Waals surface area contributed by atoms with Crippen LogP contribution in [0, 0.1) is 6.92 Å². The third-order valence-corrected chi connectivity index (χ3v) is 2.04. The van der Waals surface area contributed by atoms with Crippen LogP contribution < -0.4 is 0 Å². The van der Waals surface area contributed by atoms with Crippen molar-refractivity contribution in [3.63, 3.8) is 0 Å². The van der Waals surface area contributed by atoms with Gasteiger partial charge in [0.25, 0.3) is 0 Å². The maximum absolute atomic E-state index is 4.91. The molecule has 13 heavy (non-hydrogen) atoms. The quantitative estimate of drug-likeness (QED) is 0.401. The van der Waals surface area contributed by atoms with Gasteiger partial charge >= 0.3 is 10.5 Å². The molecule has 65 valence electrons. The van der Waals surface area contributed by atoms with Gasteiger partial charge in [-0.3, -0.25) is 0 Å². The van der Waals surface area contributed by atoms with Crippen LogP contribution in [0.4, 0.5) is 0 Å². The first-order chi connectivity index (χ1) is 6.27. The molecule has 0 N–H and O–H groups in total. The van der Waals surface area contributed by atoms with Crippen LogP contribution in [-0.4, -0.2) is 10.5 Å². The average molecular weight is 187 g/mol. The first kappa shape index (κ1) is 9.80. The lowest BCUT2D eigenvalue weighted by atomic mass is 10.1. The van der Waals surface area contributed by atoms with Crippen LogP contribution in [-0.2, 0) is 4.43 Å². The molecule has 0 heterocycles. The highest BCUT2D eigenvalue weighted by atomic mass is 28.2. The Balaban J connectivity index is 3.02. The monoisotopic (exact) mass is 187 g/mol. The number of hydrogen-bond donors (Lipinski definition) is 0. The molecular formula is C11H11OSi. The van der Waals surface area contributed by atoms with Crippen molar-refractivity contribution in [1.29, 1.82) is 0 Å². The molecule has 2 heteroatoms. The van der Waals surface area contributed by atoms with Crippen molar-refractivity contribution in [2.45, 2.75) is 6.92 Å². The van der Waals surface area contributed by atoms with Gasteiger partial charge in [-0.15, -0.1) is 0 Å². The molecular weight excluding hydrogens is 176 g/mol. The van der Waals surface area contributed by atoms with Crippen molar-refractivity contribution in [2.24, 2.45) is 0 Å². The number of allylic oxidation sites excluding steroid dienone is 1. The zero-order chi connectivity index (χ0) is 9.68. The van der Waals surface area contributed by atoms with Crippen molar-refractivity contribution < 1.29 is 4.43 Å². The highest BCUT2D eigenvalue weighted by Gasteiger charge is 1.94. The van der Waals surface area contributed by atoms with E-state index in [1.165, 1.54) is 5.56 Å². The molecule has 1 nitrogen and oxygen atoms in total. The van der Waals surface area contributed by atoms with Gasteiger partial charge in [0.1, 0.15) is 5.76 Å². The van der Waals surface area contributed by atoms with E-state index >= 15 is 0 Å². The molecule has 0 spiro atoms. The minimum Gasteiger partial charge on any atom is -0.540 e. The van der Waals surface area contributed by atoms with Crippen LogP contribution in [0.2, 0.25) is 0 Å². The number of hydrogen-bond acceptors (Lipinski definition) is 1. The Hall–Kier alpha value is -1.28. The van der Waals surface area contributed by atoms with E-state index in [0.29, 0.717) is 5.76 Å². The van der Waals surface area contributed by atoms with Crippen LogP contribution >= 0.6 is 0 Å². The lowest BCUT2D eigenvalue weighted by molar-refractivity contribution is 0.498. The molecule has 1 aromatic rings. The molecule has 0 unspecified atom stereocenters. The van der Waals surface area contributed by atoms with E-state index in [4.69, 9.17) is 4.43 Å². The summed E-state index contributed by atoms with van der Waals surface area (Å²) in [4.78, 5) is 0. The van der Waals surface area contributed by atoms with E-state index in [0.717, 1.165) is 5.56 Å². The number of benzene rings is 1. The molecule has 1 aromatic carbocycles. The van der Waals surface area contributed by atoms with Gasteiger partial charge in [-0.25, -0.2) is 0 Å². The van der Waals surface area contributed by atoms with Crippen LogP contribution in [0.3, 0.4) is 0 Å². The Morgan fingerprint density at radius 3 is 2.69 bits per heavy atom. The summed E-state index contributed by atoms with van der Waals surface area (Å²) in [5.74, 6) is 0.700. The molecule has 0 bridgehead atoms. The fraction of sp³-hybridized carbons (Fsp3) is 0.0909. The molecule has 0 saturated heterocycles. The molecule has 0 aliphatic heterocycles. The summed E-state index contributed by atoms with van der Waals surface area (Å²) in [6.07, 6.45) is 3.58. The number of aryl methyl sites for hydroxylation is 1. The Kier molecular flexibility index (Phi) is 3.52. The topological polar surface area (TPSA) is 9.23 Å². The molecule has 0 fully saturated rings. The van der Waals surface area contributed by atoms with Crippen molar-refractivity contribution >= 4 is 16.6 Å². The summed E-state index contributed by atoms with van der Waals surface area (Å²) in [7, 11) is 2.97. The SMILES string of the molecule is C=C/C(=C/c1ccccc1C)O[Si]. The molecule has 0 amide bonds. The second-order valence-electron chi connectivity index (χ2n) is 2.71. The van der Waals surface area contributed by atoms with Gasteiger partial charge in [0.2, 0.25) is 0 Å². The van der Waals surface area contributed by atoms with E-state index in [9.17, 15) is 0 Å². The predicted octanol–water partition coefficient (Wildman–Crippen LogP) is 2.62. The maximum Gasteiger partial charge on any atom is 0.341 e. The lowest BCUT2D eigenvalue weighted by Crippen LogP contribution is -1.85. The van der Waals surface area contributed by atoms with Crippen LogP contribution in [0.1, 0.15) is 11.1 Å². The molecule has 1 rings (SSSR count). The molecule has 3 radical (unpaired) electrons. The second kappa shape index (κ2) is 4.67. The molecule has 0 aliphatic carbocycles. The fourth-order valence-electron chi connectivity index (χ4n) is 1.03. The minimum atomic E-state index is 0.700. The smallest absolute Gasteiger partial charge is 0.341 e. The van der Waals surface area contributed by atoms with Crippen LogP contribution in [0.25, 0.3) is 6.08 Å². The first-order valence-electron chi connectivity index (χ1n) is 4.01. The van der Waals surface area contributed by atoms with Crippen LogP contribution in [0.15, 0.2) is 42.7 Å². The van der Waals surface area contributed by atoms with E-state index < -0.39 is 0 Å². The minimum absolute atomic E-state index is 0.700. The van der Waals surface area contributed by atoms with Crippen molar-refractivity contribution in [3.8, 4) is 0 Å². The van der Waals surface area contributed by atoms with Crippen molar-refractivity contribution in [1.82, 2.24) is 0 Å². The summed E-state index contributed by atoms with van der Waals surface area (Å²) in [5.41, 5.74) is 2.35. The average Bonchev–Trinajstić information content (AvgIpc) is 2.17. The molecule has 0 saturated carbocycles. The zero-order valence-electron chi connectivity index (χ0n) is 7.58. The van der Waals surface area contributed by atoms with Crippen LogP contribution in [0.5, 0.6) is 0 Å². The largest absolute Gasteiger partial charge is 0.540 e. The van der Waals surface area contributed by atoms with E-state index in [1.54, 1.807) is 6.08 Å². The molecule has 0 aromatic heterocycles. The van der Waals surface area contributed by atoms with Gasteiger partial charge in [0.15, 0.2) is 0 Å². The van der Waals surface area contributed by atoms with E-state index in [1.807, 2.05) is 24.3 Å². The number of rotatable bonds is 3. The van der Waals surface area contributed by atoms with Crippen molar-refractivity contribution in [3.05, 3.63) is 53.8 Å². The molecule has 0 atom stereocenters. The highest BCUT2D eigenvalue weighted by Crippen LogP contribution is 2.12. The van der Waals surface area contributed by atoms with Gasteiger partial charge in [0.05, 0.1) is 0 Å². The lowest BCUT2D eigenvalue weighted by Gasteiger charge is -2.02. The summed E-state index contributed by atoms with van der Waals surface area (Å²) in [6.45, 7) is 5.69. The molecule has 0 aliphatic rings. The summed E-state index contributed by atoms with van der Waals surface area (Å²) < 4.78 is 4.91. The van der Waals surface area contributed by atoms with Gasteiger partial charge in [-0.1, -0.05) is 30.8 Å². The standard InChI is InChI=1S/C11H11OSi/c1-3-11(12-13)8-10-7-5-4-6-9(10)2/h3-8H,1H2,2H3/b11-8-. The Bertz CT molecular complexity index is 329. The summed E-state index contributed by atoms with van der Waals surface area (Å²) in [5, 5.41) is 0. The van der Waals surface area contributed by atoms with Gasteiger partial charge in [-0.2, -0.15) is 0 Å². The maximum atomic E-state index is 4.91. The second-order valence-corrected chi connectivity index (χ2v) is 2.91. The van der Waals surface area contributed by atoms with E-state index in [2.05, 4.69) is 30.1 Å². The van der Waals surface area contributed by atoms with Gasteiger partial charge in [-0.05, 0) is 30.2 Å². The van der Waals surface area contributed by atoms with E-state index in [-0.39, 0.29) is 0 Å². The Morgan fingerprint density at radius 1 is 1.46 bits per heavy atom. The highest BCUT2D eigenvalue weighted by molar-refractivity contribution is 5.99.